The number of imidazole rings is 1. The lowest BCUT2D eigenvalue weighted by atomic mass is 10.1. The number of nitrogens with zero attached hydrogens (tertiary/aromatic N) is 2. The number of aryl methyl sites for hydroxylation is 2. The molecule has 0 aliphatic carbocycles. The molecule has 28 heavy (non-hydrogen) atoms. The summed E-state index contributed by atoms with van der Waals surface area (Å²) >= 11 is 1.62. The fourth-order valence-corrected chi connectivity index (χ4v) is 4.11. The second-order valence-corrected chi connectivity index (χ2v) is 7.79. The molecule has 5 heteroatoms. The summed E-state index contributed by atoms with van der Waals surface area (Å²) in [7, 11) is 0. The molecule has 2 heterocycles. The highest BCUT2D eigenvalue weighted by Gasteiger charge is 2.11. The normalized spacial score (nSPS) is 11.0. The van der Waals surface area contributed by atoms with Crippen molar-refractivity contribution in [3.05, 3.63) is 88.4 Å². The second kappa shape index (κ2) is 8.85. The number of rotatable bonds is 8. The molecule has 2 aromatic carbocycles. The molecule has 0 saturated carbocycles. The number of carbonyl (C=O) groups is 1. The first-order chi connectivity index (χ1) is 13.8. The summed E-state index contributed by atoms with van der Waals surface area (Å²) in [5, 5.41) is 5.04. The smallest absolute Gasteiger partial charge is 0.225 e. The van der Waals surface area contributed by atoms with Gasteiger partial charge in [0.1, 0.15) is 5.82 Å². The Kier molecular flexibility index (Phi) is 5.83. The van der Waals surface area contributed by atoms with E-state index < -0.39 is 0 Å². The maximum atomic E-state index is 12.2. The number of amides is 1. The zero-order valence-corrected chi connectivity index (χ0v) is 16.5. The largest absolute Gasteiger partial charge is 0.354 e. The SMILES string of the molecule is O=C(Cc1cccs1)NCCn1c(CCc2ccccc2)nc2ccccc21. The molecule has 2 aromatic heterocycles. The Morgan fingerprint density at radius 1 is 0.964 bits per heavy atom. The molecule has 0 radical (unpaired) electrons. The molecular weight excluding hydrogens is 366 g/mol. The van der Waals surface area contributed by atoms with Crippen LogP contribution >= 0.6 is 11.3 Å². The van der Waals surface area contributed by atoms with E-state index in [0.29, 0.717) is 13.0 Å². The first-order valence-electron chi connectivity index (χ1n) is 9.57. The Labute approximate surface area is 168 Å². The first-order valence-corrected chi connectivity index (χ1v) is 10.4. The van der Waals surface area contributed by atoms with Gasteiger partial charge in [-0.3, -0.25) is 4.79 Å². The highest BCUT2D eigenvalue weighted by atomic mass is 32.1. The number of nitrogens with one attached hydrogen (secondary N) is 1. The van der Waals surface area contributed by atoms with Gasteiger partial charge in [-0.05, 0) is 35.6 Å². The van der Waals surface area contributed by atoms with Crippen molar-refractivity contribution in [2.75, 3.05) is 6.54 Å². The lowest BCUT2D eigenvalue weighted by Crippen LogP contribution is -2.28. The number of thiophene rings is 1. The number of hydrogen-bond acceptors (Lipinski definition) is 3. The highest BCUT2D eigenvalue weighted by Crippen LogP contribution is 2.17. The summed E-state index contributed by atoms with van der Waals surface area (Å²) in [5.41, 5.74) is 3.44. The van der Waals surface area contributed by atoms with Crippen LogP contribution in [0.1, 0.15) is 16.3 Å². The lowest BCUT2D eigenvalue weighted by Gasteiger charge is -2.10. The minimum absolute atomic E-state index is 0.0673. The van der Waals surface area contributed by atoms with E-state index in [0.717, 1.165) is 41.1 Å². The van der Waals surface area contributed by atoms with Crippen molar-refractivity contribution in [3.8, 4) is 0 Å². The summed E-state index contributed by atoms with van der Waals surface area (Å²) in [6.45, 7) is 1.32. The fraction of sp³-hybridized carbons (Fsp3) is 0.217. The fourth-order valence-electron chi connectivity index (χ4n) is 3.41. The van der Waals surface area contributed by atoms with Crippen molar-refractivity contribution in [2.24, 2.45) is 0 Å². The molecular formula is C23H23N3OS. The van der Waals surface area contributed by atoms with Gasteiger partial charge in [-0.1, -0.05) is 48.5 Å². The minimum atomic E-state index is 0.0673. The van der Waals surface area contributed by atoms with Crippen LogP contribution in [0.15, 0.2) is 72.1 Å². The third kappa shape index (κ3) is 4.49. The van der Waals surface area contributed by atoms with Crippen molar-refractivity contribution < 1.29 is 4.79 Å². The maximum absolute atomic E-state index is 12.2. The van der Waals surface area contributed by atoms with E-state index in [1.165, 1.54) is 5.56 Å². The summed E-state index contributed by atoms with van der Waals surface area (Å²) < 4.78 is 2.24. The first kappa shape index (κ1) is 18.4. The Hall–Kier alpha value is -2.92. The molecule has 0 saturated heterocycles. The van der Waals surface area contributed by atoms with Gasteiger partial charge in [-0.15, -0.1) is 11.3 Å². The van der Waals surface area contributed by atoms with Crippen LogP contribution in [0.3, 0.4) is 0 Å². The second-order valence-electron chi connectivity index (χ2n) is 6.76. The summed E-state index contributed by atoms with van der Waals surface area (Å²) in [5.74, 6) is 1.13. The number of hydrogen-bond donors (Lipinski definition) is 1. The maximum Gasteiger partial charge on any atom is 0.225 e. The predicted octanol–water partition coefficient (Wildman–Crippen LogP) is 4.24. The van der Waals surface area contributed by atoms with Crippen LogP contribution in [-0.2, 0) is 30.6 Å². The monoisotopic (exact) mass is 389 g/mol. The van der Waals surface area contributed by atoms with Crippen LogP contribution in [0.25, 0.3) is 11.0 Å². The molecule has 0 bridgehead atoms. The minimum Gasteiger partial charge on any atom is -0.354 e. The van der Waals surface area contributed by atoms with Crippen LogP contribution < -0.4 is 5.32 Å². The van der Waals surface area contributed by atoms with Crippen LogP contribution in [0.2, 0.25) is 0 Å². The zero-order chi connectivity index (χ0) is 19.2. The van der Waals surface area contributed by atoms with Crippen LogP contribution in [0.5, 0.6) is 0 Å². The Morgan fingerprint density at radius 2 is 1.79 bits per heavy atom. The molecule has 0 atom stereocenters. The van der Waals surface area contributed by atoms with Gasteiger partial charge in [0.05, 0.1) is 17.5 Å². The number of benzene rings is 2. The summed E-state index contributed by atoms with van der Waals surface area (Å²) in [6, 6.07) is 22.7. The van der Waals surface area contributed by atoms with Crippen molar-refractivity contribution in [3.63, 3.8) is 0 Å². The average Bonchev–Trinajstić information content (AvgIpc) is 3.35. The molecule has 4 nitrogen and oxygen atoms in total. The quantitative estimate of drug-likeness (QED) is 0.490. The van der Waals surface area contributed by atoms with Crippen molar-refractivity contribution in [1.82, 2.24) is 14.9 Å². The van der Waals surface area contributed by atoms with E-state index in [9.17, 15) is 4.79 Å². The number of aromatic nitrogens is 2. The standard InChI is InChI=1S/C23H23N3OS/c27-23(17-19-9-6-16-28-19)24-14-15-26-21-11-5-4-10-20(21)25-22(26)13-12-18-7-2-1-3-8-18/h1-11,16H,12-15,17H2,(H,24,27). The predicted molar refractivity (Wildman–Crippen MR) is 115 cm³/mol. The third-order valence-electron chi connectivity index (χ3n) is 4.79. The molecule has 1 amide bonds. The van der Waals surface area contributed by atoms with Gasteiger partial charge in [-0.2, -0.15) is 0 Å². The molecule has 4 aromatic rings. The number of para-hydroxylation sites is 2. The highest BCUT2D eigenvalue weighted by molar-refractivity contribution is 7.10. The van der Waals surface area contributed by atoms with Crippen LogP contribution in [0.4, 0.5) is 0 Å². The van der Waals surface area contributed by atoms with E-state index in [4.69, 9.17) is 4.98 Å². The summed E-state index contributed by atoms with van der Waals surface area (Å²) in [6.07, 6.45) is 2.28. The lowest BCUT2D eigenvalue weighted by molar-refractivity contribution is -0.120. The molecule has 4 rings (SSSR count). The molecule has 142 valence electrons. The third-order valence-corrected chi connectivity index (χ3v) is 5.66. The number of fused-ring (bicyclic) bond motifs is 1. The van der Waals surface area contributed by atoms with E-state index in [1.807, 2.05) is 41.8 Å². The average molecular weight is 390 g/mol. The van der Waals surface area contributed by atoms with Gasteiger partial charge in [-0.25, -0.2) is 4.98 Å². The van der Waals surface area contributed by atoms with Gasteiger partial charge in [0.2, 0.25) is 5.91 Å². The molecule has 1 N–H and O–H groups in total. The van der Waals surface area contributed by atoms with E-state index in [-0.39, 0.29) is 5.91 Å². The van der Waals surface area contributed by atoms with Gasteiger partial charge in [0, 0.05) is 24.4 Å². The van der Waals surface area contributed by atoms with Gasteiger partial charge >= 0.3 is 0 Å². The Balaban J connectivity index is 1.43. The molecule has 0 fully saturated rings. The van der Waals surface area contributed by atoms with Gasteiger partial charge < -0.3 is 9.88 Å². The Morgan fingerprint density at radius 3 is 2.61 bits per heavy atom. The van der Waals surface area contributed by atoms with E-state index >= 15 is 0 Å². The van der Waals surface area contributed by atoms with Gasteiger partial charge in [0.15, 0.2) is 0 Å². The molecule has 0 aliphatic rings. The Bertz CT molecular complexity index is 1040. The van der Waals surface area contributed by atoms with E-state index in [1.54, 1.807) is 11.3 Å². The topological polar surface area (TPSA) is 46.9 Å². The summed E-state index contributed by atoms with van der Waals surface area (Å²) in [4.78, 5) is 18.1. The number of carbonyl (C=O) groups excluding carboxylic acids is 1. The van der Waals surface area contributed by atoms with Crippen molar-refractivity contribution in [2.45, 2.75) is 25.8 Å². The van der Waals surface area contributed by atoms with Crippen LogP contribution in [0, 0.1) is 0 Å². The van der Waals surface area contributed by atoms with Crippen LogP contribution in [-0.4, -0.2) is 22.0 Å². The molecule has 0 spiro atoms. The van der Waals surface area contributed by atoms with Crippen molar-refractivity contribution in [1.29, 1.82) is 0 Å². The molecule has 0 aliphatic heterocycles. The van der Waals surface area contributed by atoms with E-state index in [2.05, 4.69) is 40.2 Å². The van der Waals surface area contributed by atoms with Gasteiger partial charge in [0.25, 0.3) is 0 Å². The zero-order valence-electron chi connectivity index (χ0n) is 15.7. The molecule has 0 unspecified atom stereocenters. The van der Waals surface area contributed by atoms with Crippen molar-refractivity contribution >= 4 is 28.3 Å².